The number of fused-ring (bicyclic) bond motifs is 1. The molecule has 1 heterocycles. The van der Waals surface area contributed by atoms with Gasteiger partial charge in [-0.25, -0.2) is 10.1 Å². The third kappa shape index (κ3) is 3.18. The quantitative estimate of drug-likeness (QED) is 0.651. The highest BCUT2D eigenvalue weighted by atomic mass is 16.5. The first kappa shape index (κ1) is 17.3. The van der Waals surface area contributed by atoms with Crippen molar-refractivity contribution in [3.63, 3.8) is 0 Å². The molecule has 0 atom stereocenters. The minimum absolute atomic E-state index is 0.368. The highest BCUT2D eigenvalue weighted by molar-refractivity contribution is 5.94. The summed E-state index contributed by atoms with van der Waals surface area (Å²) in [6.07, 6.45) is 2.17. The molecule has 26 heavy (non-hydrogen) atoms. The van der Waals surface area contributed by atoms with E-state index in [0.29, 0.717) is 35.9 Å². The minimum atomic E-state index is -0.677. The normalized spacial score (nSPS) is 11.9. The Morgan fingerprint density at radius 2 is 1.96 bits per heavy atom. The number of nitrogens with one attached hydrogen (secondary N) is 2. The fourth-order valence-electron chi connectivity index (χ4n) is 3.07. The molecule has 0 spiro atoms. The summed E-state index contributed by atoms with van der Waals surface area (Å²) in [6, 6.07) is 11.3. The van der Waals surface area contributed by atoms with Crippen molar-refractivity contribution < 1.29 is 9.53 Å². The number of benzene rings is 2. The van der Waals surface area contributed by atoms with Crippen LogP contribution in [0.2, 0.25) is 0 Å². The van der Waals surface area contributed by atoms with Crippen molar-refractivity contribution in [2.45, 2.75) is 26.2 Å². The van der Waals surface area contributed by atoms with E-state index in [-0.39, 0.29) is 0 Å². The number of hydrogen-bond donors (Lipinski definition) is 2. The standard InChI is InChI=1S/C20H18N4O2/c1-12(2)13-3-5-14(6-4-13)16-9-18(24-20(25)23-11-22)17(10-21)15-7-8-26-19(15)16/h3-6,9,12H,7-8H2,1-2H3,(H2,23,24,25). The monoisotopic (exact) mass is 346 g/mol. The van der Waals surface area contributed by atoms with Crippen molar-refractivity contribution in [2.75, 3.05) is 11.9 Å². The molecule has 0 aliphatic carbocycles. The summed E-state index contributed by atoms with van der Waals surface area (Å²) >= 11 is 0. The van der Waals surface area contributed by atoms with Crippen LogP contribution in [0, 0.1) is 22.8 Å². The number of carbonyl (C=O) groups excluding carboxylic acids is 1. The van der Waals surface area contributed by atoms with E-state index in [1.54, 1.807) is 12.3 Å². The molecule has 0 radical (unpaired) electrons. The Kier molecular flexibility index (Phi) is 4.77. The fourth-order valence-corrected chi connectivity index (χ4v) is 3.07. The van der Waals surface area contributed by atoms with Crippen molar-refractivity contribution in [3.05, 3.63) is 47.0 Å². The van der Waals surface area contributed by atoms with E-state index in [1.165, 1.54) is 5.56 Å². The number of urea groups is 1. The van der Waals surface area contributed by atoms with E-state index in [1.807, 2.05) is 17.4 Å². The van der Waals surface area contributed by atoms with E-state index >= 15 is 0 Å². The van der Waals surface area contributed by atoms with Crippen LogP contribution >= 0.6 is 0 Å². The van der Waals surface area contributed by atoms with Crippen LogP contribution in [0.25, 0.3) is 11.1 Å². The van der Waals surface area contributed by atoms with Crippen LogP contribution in [-0.4, -0.2) is 12.6 Å². The molecule has 0 saturated heterocycles. The summed E-state index contributed by atoms with van der Waals surface area (Å²) in [5.74, 6) is 1.11. The molecule has 0 aromatic heterocycles. The third-order valence-electron chi connectivity index (χ3n) is 4.39. The molecule has 130 valence electrons. The van der Waals surface area contributed by atoms with Gasteiger partial charge in [-0.15, -0.1) is 0 Å². The Labute approximate surface area is 152 Å². The van der Waals surface area contributed by atoms with Gasteiger partial charge in [-0.2, -0.15) is 10.5 Å². The summed E-state index contributed by atoms with van der Waals surface area (Å²) in [7, 11) is 0. The minimum Gasteiger partial charge on any atom is -0.492 e. The summed E-state index contributed by atoms with van der Waals surface area (Å²) in [4.78, 5) is 11.8. The molecular weight excluding hydrogens is 328 g/mol. The molecule has 0 unspecified atom stereocenters. The molecule has 6 nitrogen and oxygen atoms in total. The second-order valence-electron chi connectivity index (χ2n) is 6.33. The predicted molar refractivity (Wildman–Crippen MR) is 97.6 cm³/mol. The summed E-state index contributed by atoms with van der Waals surface area (Å²) in [5.41, 5.74) is 4.51. The SMILES string of the molecule is CC(C)c1ccc(-c2cc(NC(=O)NC#N)c(C#N)c3c2OCC3)cc1. The van der Waals surface area contributed by atoms with Gasteiger partial charge in [-0.3, -0.25) is 0 Å². The van der Waals surface area contributed by atoms with Crippen molar-refractivity contribution in [3.8, 4) is 29.1 Å². The first-order chi connectivity index (χ1) is 12.5. The number of carbonyl (C=O) groups is 1. The molecule has 2 aromatic carbocycles. The van der Waals surface area contributed by atoms with E-state index < -0.39 is 6.03 Å². The highest BCUT2D eigenvalue weighted by Gasteiger charge is 2.25. The number of rotatable bonds is 3. The topological polar surface area (TPSA) is 97.9 Å². The summed E-state index contributed by atoms with van der Waals surface area (Å²) in [5, 5.41) is 22.7. The lowest BCUT2D eigenvalue weighted by atomic mass is 9.94. The van der Waals surface area contributed by atoms with Crippen LogP contribution < -0.4 is 15.4 Å². The number of nitrogens with zero attached hydrogens (tertiary/aromatic N) is 2. The molecule has 2 amide bonds. The van der Waals surface area contributed by atoms with Gasteiger partial charge in [0.25, 0.3) is 0 Å². The number of amides is 2. The van der Waals surface area contributed by atoms with Crippen LogP contribution in [-0.2, 0) is 6.42 Å². The maximum atomic E-state index is 11.8. The van der Waals surface area contributed by atoms with Crippen LogP contribution in [0.4, 0.5) is 10.5 Å². The van der Waals surface area contributed by atoms with Gasteiger partial charge in [-0.1, -0.05) is 38.1 Å². The zero-order valence-electron chi connectivity index (χ0n) is 14.6. The Balaban J connectivity index is 2.11. The molecular formula is C20H18N4O2. The third-order valence-corrected chi connectivity index (χ3v) is 4.39. The van der Waals surface area contributed by atoms with Crippen molar-refractivity contribution >= 4 is 11.7 Å². The molecule has 2 aromatic rings. The average Bonchev–Trinajstić information content (AvgIpc) is 3.11. The van der Waals surface area contributed by atoms with Gasteiger partial charge in [0.05, 0.1) is 17.9 Å². The second kappa shape index (κ2) is 7.16. The van der Waals surface area contributed by atoms with Gasteiger partial charge in [-0.05, 0) is 23.1 Å². The molecule has 0 fully saturated rings. The Hall–Kier alpha value is -3.51. The predicted octanol–water partition coefficient (Wildman–Crippen LogP) is 3.89. The first-order valence-corrected chi connectivity index (χ1v) is 8.34. The van der Waals surface area contributed by atoms with Gasteiger partial charge in [0.1, 0.15) is 11.8 Å². The fraction of sp³-hybridized carbons (Fsp3) is 0.250. The van der Waals surface area contributed by atoms with Gasteiger partial charge < -0.3 is 10.1 Å². The van der Waals surface area contributed by atoms with Gasteiger partial charge >= 0.3 is 6.03 Å². The average molecular weight is 346 g/mol. The maximum Gasteiger partial charge on any atom is 0.332 e. The number of ether oxygens (including phenoxy) is 1. The largest absolute Gasteiger partial charge is 0.492 e. The Bertz CT molecular complexity index is 934. The van der Waals surface area contributed by atoms with Crippen LogP contribution in [0.15, 0.2) is 30.3 Å². The van der Waals surface area contributed by atoms with Crippen LogP contribution in [0.5, 0.6) is 5.75 Å². The smallest absolute Gasteiger partial charge is 0.332 e. The lowest BCUT2D eigenvalue weighted by Crippen LogP contribution is -2.24. The lowest BCUT2D eigenvalue weighted by Gasteiger charge is -2.15. The zero-order chi connectivity index (χ0) is 18.7. The van der Waals surface area contributed by atoms with Crippen LogP contribution in [0.3, 0.4) is 0 Å². The van der Waals surface area contributed by atoms with Crippen LogP contribution in [0.1, 0.15) is 36.5 Å². The summed E-state index contributed by atoms with van der Waals surface area (Å²) < 4.78 is 5.78. The second-order valence-corrected chi connectivity index (χ2v) is 6.33. The number of nitriles is 2. The summed E-state index contributed by atoms with van der Waals surface area (Å²) in [6.45, 7) is 4.76. The zero-order valence-corrected chi connectivity index (χ0v) is 14.6. The van der Waals surface area contributed by atoms with Gasteiger partial charge in [0.15, 0.2) is 6.19 Å². The molecule has 2 N–H and O–H groups in total. The highest BCUT2D eigenvalue weighted by Crippen LogP contribution is 2.42. The van der Waals surface area contributed by atoms with Gasteiger partial charge in [0.2, 0.25) is 0 Å². The molecule has 0 bridgehead atoms. The van der Waals surface area contributed by atoms with E-state index in [9.17, 15) is 10.1 Å². The molecule has 1 aliphatic rings. The Morgan fingerprint density at radius 1 is 1.23 bits per heavy atom. The maximum absolute atomic E-state index is 11.8. The first-order valence-electron chi connectivity index (χ1n) is 8.34. The van der Waals surface area contributed by atoms with E-state index in [2.05, 4.69) is 37.4 Å². The van der Waals surface area contributed by atoms with Crippen molar-refractivity contribution in [1.29, 1.82) is 10.5 Å². The van der Waals surface area contributed by atoms with E-state index in [4.69, 9.17) is 10.00 Å². The van der Waals surface area contributed by atoms with Crippen molar-refractivity contribution in [1.82, 2.24) is 5.32 Å². The van der Waals surface area contributed by atoms with E-state index in [0.717, 1.165) is 16.7 Å². The number of anilines is 1. The Morgan fingerprint density at radius 3 is 2.58 bits per heavy atom. The molecule has 3 rings (SSSR count). The van der Waals surface area contributed by atoms with Crippen molar-refractivity contribution in [2.24, 2.45) is 0 Å². The number of hydrogen-bond acceptors (Lipinski definition) is 4. The lowest BCUT2D eigenvalue weighted by molar-refractivity contribution is 0.255. The van der Waals surface area contributed by atoms with Gasteiger partial charge in [0, 0.05) is 17.5 Å². The molecule has 6 heteroatoms. The molecule has 0 saturated carbocycles. The molecule has 1 aliphatic heterocycles.